The van der Waals surface area contributed by atoms with Crippen LogP contribution in [0.1, 0.15) is 18.2 Å². The molecule has 0 unspecified atom stereocenters. The van der Waals surface area contributed by atoms with Gasteiger partial charge < -0.3 is 0 Å². The molecule has 0 spiro atoms. The van der Waals surface area contributed by atoms with E-state index in [0.717, 1.165) is 5.75 Å². The molecule has 1 aliphatic heterocycles. The maximum Gasteiger partial charge on any atom is 0.0310 e. The van der Waals surface area contributed by atoms with Crippen LogP contribution < -0.4 is 0 Å². The van der Waals surface area contributed by atoms with E-state index in [0.29, 0.717) is 0 Å². The highest BCUT2D eigenvalue weighted by Gasteiger charge is 2.07. The summed E-state index contributed by atoms with van der Waals surface area (Å²) in [6.07, 6.45) is 5.68. The van der Waals surface area contributed by atoms with E-state index in [2.05, 4.69) is 36.6 Å². The first-order chi connectivity index (χ1) is 6.40. The average molecular weight is 208 g/mol. The Morgan fingerprint density at radius 2 is 2.31 bits per heavy atom. The van der Waals surface area contributed by atoms with E-state index >= 15 is 0 Å². The van der Waals surface area contributed by atoms with Gasteiger partial charge in [0.15, 0.2) is 0 Å². The summed E-state index contributed by atoms with van der Waals surface area (Å²) in [7, 11) is 0. The highest BCUT2D eigenvalue weighted by Crippen LogP contribution is 2.32. The number of hydrogen-bond donors (Lipinski definition) is 0. The summed E-state index contributed by atoms with van der Waals surface area (Å²) in [5, 5.41) is 2.14. The van der Waals surface area contributed by atoms with Gasteiger partial charge in [0, 0.05) is 10.6 Å². The van der Waals surface area contributed by atoms with Crippen molar-refractivity contribution in [3.05, 3.63) is 39.4 Å². The minimum atomic E-state index is 1.14. The molecule has 0 saturated carbocycles. The van der Waals surface area contributed by atoms with Crippen molar-refractivity contribution in [2.45, 2.75) is 13.3 Å². The summed E-state index contributed by atoms with van der Waals surface area (Å²) in [6.45, 7) is 2.21. The summed E-state index contributed by atoms with van der Waals surface area (Å²) in [6, 6.07) is 4.31. The van der Waals surface area contributed by atoms with Crippen LogP contribution in [0.5, 0.6) is 0 Å². The lowest BCUT2D eigenvalue weighted by Crippen LogP contribution is -1.90. The van der Waals surface area contributed by atoms with Crippen molar-refractivity contribution in [2.75, 3.05) is 5.75 Å². The van der Waals surface area contributed by atoms with Gasteiger partial charge in [0.25, 0.3) is 0 Å². The molecule has 13 heavy (non-hydrogen) atoms. The first-order valence-corrected chi connectivity index (χ1v) is 6.33. The molecule has 2 rings (SSSR count). The van der Waals surface area contributed by atoms with Gasteiger partial charge in [-0.1, -0.05) is 25.1 Å². The molecule has 0 atom stereocenters. The monoisotopic (exact) mass is 208 g/mol. The Morgan fingerprint density at radius 1 is 1.38 bits per heavy atom. The van der Waals surface area contributed by atoms with Crippen LogP contribution in [-0.2, 0) is 0 Å². The molecule has 1 aliphatic rings. The summed E-state index contributed by atoms with van der Waals surface area (Å²) in [5.41, 5.74) is 1.47. The third kappa shape index (κ3) is 2.06. The second-order valence-corrected chi connectivity index (χ2v) is 4.99. The molecule has 1 aromatic heterocycles. The van der Waals surface area contributed by atoms with Crippen molar-refractivity contribution in [3.8, 4) is 0 Å². The summed E-state index contributed by atoms with van der Waals surface area (Å²) >= 11 is 3.80. The number of allylic oxidation sites excluding steroid dienone is 3. The molecule has 0 amide bonds. The number of hydrogen-bond acceptors (Lipinski definition) is 2. The zero-order valence-corrected chi connectivity index (χ0v) is 9.25. The van der Waals surface area contributed by atoms with Crippen LogP contribution in [0.2, 0.25) is 0 Å². The molecule has 0 aliphatic carbocycles. The molecule has 0 aromatic carbocycles. The molecule has 2 heterocycles. The van der Waals surface area contributed by atoms with Gasteiger partial charge in [-0.2, -0.15) is 0 Å². The second kappa shape index (κ2) is 4.16. The topological polar surface area (TPSA) is 0 Å². The fraction of sp³-hybridized carbons (Fsp3) is 0.273. The van der Waals surface area contributed by atoms with Crippen molar-refractivity contribution >= 4 is 28.7 Å². The van der Waals surface area contributed by atoms with E-state index in [-0.39, 0.29) is 0 Å². The Bertz CT molecular complexity index is 331. The van der Waals surface area contributed by atoms with Crippen LogP contribution in [0.15, 0.2) is 34.6 Å². The fourth-order valence-corrected chi connectivity index (χ4v) is 3.10. The molecular formula is C11H12S2. The van der Waals surface area contributed by atoms with Crippen LogP contribution in [0.3, 0.4) is 0 Å². The van der Waals surface area contributed by atoms with Crippen molar-refractivity contribution in [3.63, 3.8) is 0 Å². The molecule has 1 aromatic rings. The summed E-state index contributed by atoms with van der Waals surface area (Å²) < 4.78 is 0. The quantitative estimate of drug-likeness (QED) is 0.703. The Balaban J connectivity index is 2.20. The van der Waals surface area contributed by atoms with Crippen molar-refractivity contribution < 1.29 is 0 Å². The lowest BCUT2D eigenvalue weighted by molar-refractivity contribution is 1.20. The van der Waals surface area contributed by atoms with E-state index in [9.17, 15) is 0 Å². The highest BCUT2D eigenvalue weighted by molar-refractivity contribution is 8.03. The van der Waals surface area contributed by atoms with Gasteiger partial charge in [0.1, 0.15) is 0 Å². The number of rotatable bonds is 2. The fourth-order valence-electron chi connectivity index (χ4n) is 1.29. The molecule has 0 bridgehead atoms. The average Bonchev–Trinajstić information content (AvgIpc) is 2.71. The highest BCUT2D eigenvalue weighted by atomic mass is 32.2. The molecule has 0 nitrogen and oxygen atoms in total. The van der Waals surface area contributed by atoms with Crippen molar-refractivity contribution in [2.24, 2.45) is 0 Å². The largest absolute Gasteiger partial charge is 0.144 e. The van der Waals surface area contributed by atoms with E-state index in [1.165, 1.54) is 21.8 Å². The Labute approximate surface area is 87.4 Å². The normalized spacial score (nSPS) is 16.7. The van der Waals surface area contributed by atoms with Crippen molar-refractivity contribution in [1.82, 2.24) is 0 Å². The van der Waals surface area contributed by atoms with Gasteiger partial charge in [-0.25, -0.2) is 0 Å². The van der Waals surface area contributed by atoms with Crippen LogP contribution in [0, 0.1) is 0 Å². The minimum absolute atomic E-state index is 1.14. The lowest BCUT2D eigenvalue weighted by Gasteiger charge is -2.11. The van der Waals surface area contributed by atoms with Crippen molar-refractivity contribution in [1.29, 1.82) is 0 Å². The van der Waals surface area contributed by atoms with Gasteiger partial charge in [0.05, 0.1) is 0 Å². The van der Waals surface area contributed by atoms with E-state index in [4.69, 9.17) is 0 Å². The smallest absolute Gasteiger partial charge is 0.0310 e. The maximum absolute atomic E-state index is 2.27. The van der Waals surface area contributed by atoms with Gasteiger partial charge in [-0.05, 0) is 28.3 Å². The molecule has 2 heteroatoms. The lowest BCUT2D eigenvalue weighted by atomic mass is 10.2. The Hall–Kier alpha value is -0.470. The Kier molecular flexibility index (Phi) is 2.91. The van der Waals surface area contributed by atoms with Crippen LogP contribution in [0.4, 0.5) is 0 Å². The summed E-state index contributed by atoms with van der Waals surface area (Å²) in [4.78, 5) is 2.92. The van der Waals surface area contributed by atoms with Gasteiger partial charge in [-0.15, -0.1) is 23.1 Å². The molecule has 0 radical (unpaired) electrons. The minimum Gasteiger partial charge on any atom is -0.144 e. The predicted molar refractivity (Wildman–Crippen MR) is 63.1 cm³/mol. The third-order valence-electron chi connectivity index (χ3n) is 2.07. The van der Waals surface area contributed by atoms with Crippen LogP contribution in [-0.4, -0.2) is 5.75 Å². The molecular weight excluding hydrogens is 196 g/mol. The number of thiophene rings is 1. The van der Waals surface area contributed by atoms with E-state index in [1.807, 2.05) is 23.1 Å². The van der Waals surface area contributed by atoms with E-state index < -0.39 is 0 Å². The number of thioether (sulfide) groups is 1. The SMILES string of the molecule is CCC1=CC=C(c2cccs2)CS1. The van der Waals surface area contributed by atoms with Gasteiger partial charge in [0.2, 0.25) is 0 Å². The van der Waals surface area contributed by atoms with Crippen LogP contribution >= 0.6 is 23.1 Å². The molecule has 68 valence electrons. The molecule has 0 fully saturated rings. The zero-order chi connectivity index (χ0) is 9.10. The predicted octanol–water partition coefficient (Wildman–Crippen LogP) is 4.17. The maximum atomic E-state index is 2.27. The van der Waals surface area contributed by atoms with Crippen LogP contribution in [0.25, 0.3) is 5.57 Å². The standard InChI is InChI=1S/C11H12S2/c1-2-10-6-5-9(8-13-10)11-4-3-7-12-11/h3-7H,2,8H2,1H3. The summed E-state index contributed by atoms with van der Waals surface area (Å²) in [5.74, 6) is 1.14. The third-order valence-corrected chi connectivity index (χ3v) is 4.27. The molecule has 0 saturated heterocycles. The second-order valence-electron chi connectivity index (χ2n) is 2.94. The zero-order valence-electron chi connectivity index (χ0n) is 7.62. The van der Waals surface area contributed by atoms with Gasteiger partial charge in [-0.3, -0.25) is 0 Å². The van der Waals surface area contributed by atoms with E-state index in [1.54, 1.807) is 0 Å². The first-order valence-electron chi connectivity index (χ1n) is 4.46. The van der Waals surface area contributed by atoms with Gasteiger partial charge >= 0.3 is 0 Å². The first kappa shape index (κ1) is 9.10. The Morgan fingerprint density at radius 3 is 2.85 bits per heavy atom. The molecule has 0 N–H and O–H groups in total.